The molecular formula is C19H18Cl2N4O2S. The van der Waals surface area contributed by atoms with Gasteiger partial charge >= 0.3 is 0 Å². The maximum absolute atomic E-state index is 12.2. The van der Waals surface area contributed by atoms with E-state index in [9.17, 15) is 4.79 Å². The number of carbonyl (C=O) groups excluding carboxylic acids is 1. The van der Waals surface area contributed by atoms with Crippen molar-refractivity contribution in [1.29, 1.82) is 0 Å². The Morgan fingerprint density at radius 2 is 1.89 bits per heavy atom. The number of hydrogen-bond donors (Lipinski definition) is 1. The zero-order chi connectivity index (χ0) is 20.1. The average molecular weight is 437 g/mol. The summed E-state index contributed by atoms with van der Waals surface area (Å²) in [4.78, 5) is 12.2. The zero-order valence-electron chi connectivity index (χ0n) is 15.3. The van der Waals surface area contributed by atoms with Crippen LogP contribution in [0.15, 0.2) is 47.6 Å². The van der Waals surface area contributed by atoms with Crippen molar-refractivity contribution in [3.8, 4) is 17.1 Å². The first kappa shape index (κ1) is 20.5. The molecule has 3 aromatic rings. The Labute approximate surface area is 177 Å². The van der Waals surface area contributed by atoms with Crippen LogP contribution < -0.4 is 10.1 Å². The summed E-state index contributed by atoms with van der Waals surface area (Å²) >= 11 is 13.3. The second-order valence-electron chi connectivity index (χ2n) is 5.79. The fraction of sp³-hybridized carbons (Fsp3) is 0.211. The van der Waals surface area contributed by atoms with Gasteiger partial charge in [0.05, 0.1) is 22.4 Å². The molecule has 6 nitrogen and oxygen atoms in total. The molecule has 0 bridgehead atoms. The SMILES string of the molecule is CCOc1ccc(NC(=O)CSc2nnc(-c3ccc(Cl)c(Cl)c3)n2C)cc1. The topological polar surface area (TPSA) is 69.0 Å². The number of rotatable bonds is 7. The van der Waals surface area contributed by atoms with E-state index in [-0.39, 0.29) is 11.7 Å². The van der Waals surface area contributed by atoms with Gasteiger partial charge in [-0.05, 0) is 49.4 Å². The molecule has 1 heterocycles. The maximum Gasteiger partial charge on any atom is 0.234 e. The number of nitrogens with one attached hydrogen (secondary N) is 1. The summed E-state index contributed by atoms with van der Waals surface area (Å²) in [5.74, 6) is 1.49. The number of nitrogens with zero attached hydrogens (tertiary/aromatic N) is 3. The second kappa shape index (κ2) is 9.32. The summed E-state index contributed by atoms with van der Waals surface area (Å²) < 4.78 is 7.20. The summed E-state index contributed by atoms with van der Waals surface area (Å²) in [6.45, 7) is 2.52. The molecule has 1 aromatic heterocycles. The van der Waals surface area contributed by atoms with Gasteiger partial charge < -0.3 is 14.6 Å². The van der Waals surface area contributed by atoms with E-state index in [0.717, 1.165) is 11.3 Å². The lowest BCUT2D eigenvalue weighted by Crippen LogP contribution is -2.14. The molecule has 0 saturated carbocycles. The van der Waals surface area contributed by atoms with Crippen LogP contribution in [0.25, 0.3) is 11.4 Å². The predicted molar refractivity (Wildman–Crippen MR) is 113 cm³/mol. The van der Waals surface area contributed by atoms with Crippen molar-refractivity contribution in [2.75, 3.05) is 17.7 Å². The molecule has 0 unspecified atom stereocenters. The molecule has 0 fully saturated rings. The Morgan fingerprint density at radius 3 is 2.57 bits per heavy atom. The predicted octanol–water partition coefficient (Wildman–Crippen LogP) is 4.92. The van der Waals surface area contributed by atoms with Gasteiger partial charge in [0.2, 0.25) is 5.91 Å². The molecule has 0 radical (unpaired) electrons. The molecule has 9 heteroatoms. The first-order valence-electron chi connectivity index (χ1n) is 8.48. The smallest absolute Gasteiger partial charge is 0.234 e. The van der Waals surface area contributed by atoms with Gasteiger partial charge in [-0.2, -0.15) is 0 Å². The van der Waals surface area contributed by atoms with Crippen molar-refractivity contribution < 1.29 is 9.53 Å². The third-order valence-electron chi connectivity index (χ3n) is 3.79. The summed E-state index contributed by atoms with van der Waals surface area (Å²) in [7, 11) is 1.84. The summed E-state index contributed by atoms with van der Waals surface area (Å²) in [5.41, 5.74) is 1.51. The van der Waals surface area contributed by atoms with E-state index < -0.39 is 0 Å². The average Bonchev–Trinajstić information content (AvgIpc) is 3.05. The second-order valence-corrected chi connectivity index (χ2v) is 7.55. The Balaban J connectivity index is 1.60. The molecule has 0 saturated heterocycles. The van der Waals surface area contributed by atoms with Crippen molar-refractivity contribution in [3.05, 3.63) is 52.5 Å². The molecule has 0 aliphatic heterocycles. The Bertz CT molecular complexity index is 977. The fourth-order valence-corrected chi connectivity index (χ4v) is 3.46. The lowest BCUT2D eigenvalue weighted by Gasteiger charge is -2.07. The van der Waals surface area contributed by atoms with E-state index in [1.807, 2.05) is 36.7 Å². The molecule has 1 amide bonds. The van der Waals surface area contributed by atoms with Crippen molar-refractivity contribution in [2.45, 2.75) is 12.1 Å². The zero-order valence-corrected chi connectivity index (χ0v) is 17.6. The van der Waals surface area contributed by atoms with Crippen LogP contribution in [0, 0.1) is 0 Å². The van der Waals surface area contributed by atoms with E-state index >= 15 is 0 Å². The minimum atomic E-state index is -0.131. The lowest BCUT2D eigenvalue weighted by atomic mass is 10.2. The van der Waals surface area contributed by atoms with Crippen molar-refractivity contribution >= 4 is 46.6 Å². The number of halogens is 2. The molecule has 146 valence electrons. The van der Waals surface area contributed by atoms with Gasteiger partial charge in [0.15, 0.2) is 11.0 Å². The number of carbonyl (C=O) groups is 1. The highest BCUT2D eigenvalue weighted by Gasteiger charge is 2.14. The van der Waals surface area contributed by atoms with E-state index in [1.165, 1.54) is 11.8 Å². The number of hydrogen-bond acceptors (Lipinski definition) is 5. The van der Waals surface area contributed by atoms with Crippen molar-refractivity contribution in [1.82, 2.24) is 14.8 Å². The van der Waals surface area contributed by atoms with Crippen molar-refractivity contribution in [2.24, 2.45) is 7.05 Å². The molecule has 0 aliphatic carbocycles. The Morgan fingerprint density at radius 1 is 1.14 bits per heavy atom. The van der Waals surface area contributed by atoms with Crippen LogP contribution in [0.1, 0.15) is 6.92 Å². The fourth-order valence-electron chi connectivity index (χ4n) is 2.46. The van der Waals surface area contributed by atoms with Crippen LogP contribution in [0.4, 0.5) is 5.69 Å². The standard InChI is InChI=1S/C19H18Cl2N4O2S/c1-3-27-14-7-5-13(6-8-14)22-17(26)11-28-19-24-23-18(25(19)2)12-4-9-15(20)16(21)10-12/h4-10H,3,11H2,1-2H3,(H,22,26). The Hall–Kier alpha value is -2.22. The van der Waals surface area contributed by atoms with Gasteiger partial charge in [-0.25, -0.2) is 0 Å². The van der Waals surface area contributed by atoms with Gasteiger partial charge in [-0.15, -0.1) is 10.2 Å². The summed E-state index contributed by atoms with van der Waals surface area (Å²) in [6, 6.07) is 12.5. The normalized spacial score (nSPS) is 10.7. The first-order chi connectivity index (χ1) is 13.5. The van der Waals surface area contributed by atoms with Crippen LogP contribution in [0.5, 0.6) is 5.75 Å². The number of thioether (sulfide) groups is 1. The molecule has 3 rings (SSSR count). The number of ether oxygens (including phenoxy) is 1. The highest BCUT2D eigenvalue weighted by Crippen LogP contribution is 2.29. The Kier molecular flexibility index (Phi) is 6.83. The van der Waals surface area contributed by atoms with Crippen molar-refractivity contribution in [3.63, 3.8) is 0 Å². The van der Waals surface area contributed by atoms with Crippen LogP contribution >= 0.6 is 35.0 Å². The van der Waals surface area contributed by atoms with E-state index in [2.05, 4.69) is 15.5 Å². The van der Waals surface area contributed by atoms with E-state index in [4.69, 9.17) is 27.9 Å². The molecule has 28 heavy (non-hydrogen) atoms. The molecule has 0 spiro atoms. The minimum Gasteiger partial charge on any atom is -0.494 e. The maximum atomic E-state index is 12.2. The molecule has 0 atom stereocenters. The number of amides is 1. The van der Waals surface area contributed by atoms with Crippen LogP contribution in [0.3, 0.4) is 0 Å². The van der Waals surface area contributed by atoms with Gasteiger partial charge in [0.1, 0.15) is 5.75 Å². The van der Waals surface area contributed by atoms with Gasteiger partial charge in [0.25, 0.3) is 0 Å². The summed E-state index contributed by atoms with van der Waals surface area (Å²) in [5, 5.41) is 12.8. The number of benzene rings is 2. The highest BCUT2D eigenvalue weighted by molar-refractivity contribution is 7.99. The van der Waals surface area contributed by atoms with Crippen LogP contribution in [-0.4, -0.2) is 33.0 Å². The first-order valence-corrected chi connectivity index (χ1v) is 10.2. The minimum absolute atomic E-state index is 0.131. The summed E-state index contributed by atoms with van der Waals surface area (Å²) in [6.07, 6.45) is 0. The third-order valence-corrected chi connectivity index (χ3v) is 5.55. The van der Waals surface area contributed by atoms with Gasteiger partial charge in [0, 0.05) is 18.3 Å². The molecule has 0 aliphatic rings. The van der Waals surface area contributed by atoms with Gasteiger partial charge in [-0.1, -0.05) is 35.0 Å². The quantitative estimate of drug-likeness (QED) is 0.532. The largest absolute Gasteiger partial charge is 0.494 e. The number of aromatic nitrogens is 3. The van der Waals surface area contributed by atoms with E-state index in [1.54, 1.807) is 24.3 Å². The number of anilines is 1. The monoisotopic (exact) mass is 436 g/mol. The lowest BCUT2D eigenvalue weighted by molar-refractivity contribution is -0.113. The highest BCUT2D eigenvalue weighted by atomic mass is 35.5. The van der Waals surface area contributed by atoms with Crippen LogP contribution in [-0.2, 0) is 11.8 Å². The van der Waals surface area contributed by atoms with Gasteiger partial charge in [-0.3, -0.25) is 4.79 Å². The molecule has 2 aromatic carbocycles. The van der Waals surface area contributed by atoms with E-state index in [0.29, 0.717) is 33.3 Å². The molecular weight excluding hydrogens is 419 g/mol. The molecule has 1 N–H and O–H groups in total. The third kappa shape index (κ3) is 4.98. The van der Waals surface area contributed by atoms with Crippen LogP contribution in [0.2, 0.25) is 10.0 Å².